The van der Waals surface area contributed by atoms with Gasteiger partial charge in [0.25, 0.3) is 0 Å². The van der Waals surface area contributed by atoms with E-state index in [0.29, 0.717) is 17.8 Å². The average molecular weight is 483 g/mol. The third-order valence-corrected chi connectivity index (χ3v) is 5.26. The fraction of sp³-hybridized carbons (Fsp3) is 0.160. The number of hydrogen-bond acceptors (Lipinski definition) is 3. The predicted molar refractivity (Wildman–Crippen MR) is 125 cm³/mol. The molecule has 35 heavy (non-hydrogen) atoms. The Morgan fingerprint density at radius 2 is 1.77 bits per heavy atom. The van der Waals surface area contributed by atoms with Crippen LogP contribution in [-0.2, 0) is 12.7 Å². The lowest BCUT2D eigenvalue weighted by Crippen LogP contribution is -2.20. The van der Waals surface area contributed by atoms with E-state index in [1.807, 2.05) is 19.9 Å². The van der Waals surface area contributed by atoms with E-state index >= 15 is 4.39 Å². The van der Waals surface area contributed by atoms with Gasteiger partial charge in [0.2, 0.25) is 0 Å². The van der Waals surface area contributed by atoms with E-state index in [4.69, 9.17) is 0 Å². The second-order valence-corrected chi connectivity index (χ2v) is 7.75. The van der Waals surface area contributed by atoms with Gasteiger partial charge in [0.15, 0.2) is 5.82 Å². The van der Waals surface area contributed by atoms with Gasteiger partial charge in [-0.3, -0.25) is 9.67 Å². The van der Waals surface area contributed by atoms with Crippen LogP contribution in [0.15, 0.2) is 67.0 Å². The number of pyridine rings is 1. The number of nitrogens with one attached hydrogen (secondary N) is 2. The molecular formula is C25H21F4N5O. The largest absolute Gasteiger partial charge is 0.416 e. The maximum atomic E-state index is 15.5. The summed E-state index contributed by atoms with van der Waals surface area (Å²) in [4.78, 5) is 16.6. The van der Waals surface area contributed by atoms with Crippen molar-refractivity contribution in [2.75, 3.05) is 10.6 Å². The zero-order chi connectivity index (χ0) is 25.2. The van der Waals surface area contributed by atoms with Gasteiger partial charge in [-0.15, -0.1) is 0 Å². The van der Waals surface area contributed by atoms with Crippen molar-refractivity contribution in [3.63, 3.8) is 0 Å². The van der Waals surface area contributed by atoms with E-state index in [0.717, 1.165) is 35.5 Å². The van der Waals surface area contributed by atoms with Crippen LogP contribution in [0.3, 0.4) is 0 Å². The van der Waals surface area contributed by atoms with Gasteiger partial charge in [0, 0.05) is 47.0 Å². The molecule has 2 aromatic heterocycles. The Morgan fingerprint density at radius 3 is 2.43 bits per heavy atom. The average Bonchev–Trinajstić information content (AvgIpc) is 3.24. The Morgan fingerprint density at radius 1 is 1.03 bits per heavy atom. The highest BCUT2D eigenvalue weighted by molar-refractivity contribution is 6.00. The molecule has 6 nitrogen and oxygen atoms in total. The number of aromatic nitrogens is 3. The van der Waals surface area contributed by atoms with E-state index < -0.39 is 23.6 Å². The third-order valence-electron chi connectivity index (χ3n) is 5.26. The Bertz CT molecular complexity index is 1360. The highest BCUT2D eigenvalue weighted by atomic mass is 19.4. The number of aryl methyl sites for hydroxylation is 2. The molecule has 0 atom stereocenters. The van der Waals surface area contributed by atoms with Gasteiger partial charge in [0.1, 0.15) is 5.69 Å². The number of urea groups is 1. The summed E-state index contributed by atoms with van der Waals surface area (Å²) in [5.74, 6) is -0.669. The molecular weight excluding hydrogens is 462 g/mol. The molecule has 0 aliphatic rings. The lowest BCUT2D eigenvalue weighted by Gasteiger charge is -2.12. The molecule has 0 aliphatic heterocycles. The minimum absolute atomic E-state index is 0.0898. The van der Waals surface area contributed by atoms with Gasteiger partial charge >= 0.3 is 12.2 Å². The molecule has 4 rings (SSSR count). The van der Waals surface area contributed by atoms with Crippen LogP contribution in [0.5, 0.6) is 0 Å². The third kappa shape index (κ3) is 5.32. The van der Waals surface area contributed by atoms with Crippen molar-refractivity contribution in [2.24, 2.45) is 0 Å². The maximum absolute atomic E-state index is 15.5. The van der Waals surface area contributed by atoms with E-state index in [1.54, 1.807) is 35.3 Å². The first-order chi connectivity index (χ1) is 16.7. The molecule has 0 fully saturated rings. The molecule has 0 saturated carbocycles. The van der Waals surface area contributed by atoms with Crippen LogP contribution in [0.25, 0.3) is 22.4 Å². The zero-order valence-electron chi connectivity index (χ0n) is 18.8. The normalized spacial score (nSPS) is 11.4. The molecule has 0 unspecified atom stereocenters. The van der Waals surface area contributed by atoms with Crippen molar-refractivity contribution in [3.8, 4) is 22.4 Å². The van der Waals surface area contributed by atoms with Crippen molar-refractivity contribution < 1.29 is 22.4 Å². The highest BCUT2D eigenvalue weighted by Gasteiger charge is 2.30. The van der Waals surface area contributed by atoms with Crippen LogP contribution >= 0.6 is 0 Å². The Hall–Kier alpha value is -4.21. The number of alkyl halides is 3. The number of anilines is 2. The van der Waals surface area contributed by atoms with Crippen LogP contribution < -0.4 is 10.6 Å². The molecule has 2 heterocycles. The van der Waals surface area contributed by atoms with E-state index in [-0.39, 0.29) is 16.9 Å². The number of amides is 2. The number of halogens is 4. The summed E-state index contributed by atoms with van der Waals surface area (Å²) in [5, 5.41) is 9.39. The molecule has 4 aromatic rings. The van der Waals surface area contributed by atoms with Gasteiger partial charge in [-0.25, -0.2) is 9.18 Å². The first-order valence-electron chi connectivity index (χ1n) is 10.7. The number of benzene rings is 2. The molecule has 2 aromatic carbocycles. The molecule has 10 heteroatoms. The van der Waals surface area contributed by atoms with Gasteiger partial charge < -0.3 is 10.6 Å². The Labute approximate surface area is 198 Å². The lowest BCUT2D eigenvalue weighted by molar-refractivity contribution is -0.137. The smallest absolute Gasteiger partial charge is 0.308 e. The van der Waals surface area contributed by atoms with E-state index in [9.17, 15) is 18.0 Å². The number of hydrogen-bond donors (Lipinski definition) is 2. The topological polar surface area (TPSA) is 71.8 Å². The second kappa shape index (κ2) is 9.57. The lowest BCUT2D eigenvalue weighted by atomic mass is 10.0. The fourth-order valence-electron chi connectivity index (χ4n) is 3.55. The minimum Gasteiger partial charge on any atom is -0.308 e. The van der Waals surface area contributed by atoms with Crippen LogP contribution in [0.1, 0.15) is 18.2 Å². The predicted octanol–water partition coefficient (Wildman–Crippen LogP) is 6.74. The first kappa shape index (κ1) is 23.9. The number of carbonyl (C=O) groups is 1. The molecule has 0 bridgehead atoms. The maximum Gasteiger partial charge on any atom is 0.416 e. The molecule has 0 spiro atoms. The monoisotopic (exact) mass is 483 g/mol. The van der Waals surface area contributed by atoms with Gasteiger partial charge in [0.05, 0.1) is 11.3 Å². The van der Waals surface area contributed by atoms with Crippen LogP contribution in [0, 0.1) is 12.7 Å². The van der Waals surface area contributed by atoms with Crippen molar-refractivity contribution in [2.45, 2.75) is 26.6 Å². The van der Waals surface area contributed by atoms with E-state index in [2.05, 4.69) is 20.7 Å². The Kier molecular flexibility index (Phi) is 6.54. The van der Waals surface area contributed by atoms with Crippen molar-refractivity contribution >= 4 is 17.4 Å². The summed E-state index contributed by atoms with van der Waals surface area (Å²) >= 11 is 0. The summed E-state index contributed by atoms with van der Waals surface area (Å²) in [5.41, 5.74) is 2.12. The SMILES string of the molecule is CCn1cc(-c2cccc(NC(=O)Nc3ccc(C(F)(F)F)cc3)c2F)c(-c2ccnc(C)c2)n1. The van der Waals surface area contributed by atoms with Gasteiger partial charge in [-0.1, -0.05) is 12.1 Å². The van der Waals surface area contributed by atoms with Crippen molar-refractivity contribution in [1.82, 2.24) is 14.8 Å². The fourth-order valence-corrected chi connectivity index (χ4v) is 3.55. The quantitative estimate of drug-likeness (QED) is 0.309. The van der Waals surface area contributed by atoms with Crippen LogP contribution in [0.4, 0.5) is 33.7 Å². The number of nitrogens with zero attached hydrogens (tertiary/aromatic N) is 3. The molecule has 0 radical (unpaired) electrons. The number of carbonyl (C=O) groups excluding carboxylic acids is 1. The summed E-state index contributed by atoms with van der Waals surface area (Å²) in [6.45, 7) is 4.34. The standard InChI is InChI=1S/C25H21F4N5O/c1-3-34-14-20(23(33-34)16-11-12-30-15(2)13-16)19-5-4-6-21(22(19)26)32-24(35)31-18-9-7-17(8-10-18)25(27,28)29/h4-14H,3H2,1-2H3,(H2,31,32,35). The second-order valence-electron chi connectivity index (χ2n) is 7.75. The molecule has 2 N–H and O–H groups in total. The summed E-state index contributed by atoms with van der Waals surface area (Å²) in [7, 11) is 0. The minimum atomic E-state index is -4.48. The Balaban J connectivity index is 1.60. The van der Waals surface area contributed by atoms with Crippen molar-refractivity contribution in [3.05, 3.63) is 84.1 Å². The zero-order valence-corrected chi connectivity index (χ0v) is 18.8. The summed E-state index contributed by atoms with van der Waals surface area (Å²) in [6, 6.07) is 11.4. The molecule has 0 aliphatic carbocycles. The molecule has 180 valence electrons. The van der Waals surface area contributed by atoms with Gasteiger partial charge in [-0.05, 0) is 56.3 Å². The summed E-state index contributed by atoms with van der Waals surface area (Å²) < 4.78 is 55.4. The molecule has 2 amide bonds. The van der Waals surface area contributed by atoms with E-state index in [1.165, 1.54) is 6.07 Å². The van der Waals surface area contributed by atoms with Crippen molar-refractivity contribution in [1.29, 1.82) is 0 Å². The van der Waals surface area contributed by atoms with Crippen LogP contribution in [0.2, 0.25) is 0 Å². The molecule has 0 saturated heterocycles. The van der Waals surface area contributed by atoms with Crippen LogP contribution in [-0.4, -0.2) is 20.8 Å². The highest BCUT2D eigenvalue weighted by Crippen LogP contribution is 2.35. The number of rotatable bonds is 5. The van der Waals surface area contributed by atoms with Gasteiger partial charge in [-0.2, -0.15) is 18.3 Å². The first-order valence-corrected chi connectivity index (χ1v) is 10.7. The summed E-state index contributed by atoms with van der Waals surface area (Å²) in [6.07, 6.45) is -1.10.